The van der Waals surface area contributed by atoms with Gasteiger partial charge in [0.05, 0.1) is 0 Å². The smallest absolute Gasteiger partial charge is 0.249 e. The molecule has 1 aromatic heterocycles. The molecule has 92 valence electrons. The van der Waals surface area contributed by atoms with Crippen molar-refractivity contribution in [1.82, 2.24) is 14.8 Å². The number of para-hydroxylation sites is 1. The zero-order chi connectivity index (χ0) is 12.5. The van der Waals surface area contributed by atoms with Gasteiger partial charge in [-0.15, -0.1) is 0 Å². The van der Waals surface area contributed by atoms with Crippen molar-refractivity contribution in [2.24, 2.45) is 0 Å². The molecule has 0 aliphatic carbocycles. The predicted molar refractivity (Wildman–Crippen MR) is 67.1 cm³/mol. The van der Waals surface area contributed by atoms with E-state index in [-0.39, 0.29) is 18.5 Å². The van der Waals surface area contributed by atoms with Gasteiger partial charge in [0.2, 0.25) is 5.91 Å². The minimum Gasteiger partial charge on any atom is -0.307 e. The number of rotatable bonds is 2. The second kappa shape index (κ2) is 4.25. The lowest BCUT2D eigenvalue weighted by atomic mass is 10.1. The Bertz CT molecular complexity index is 564. The molecule has 2 heterocycles. The van der Waals surface area contributed by atoms with Crippen LogP contribution in [0.4, 0.5) is 5.69 Å². The van der Waals surface area contributed by atoms with Crippen LogP contribution in [0.25, 0.3) is 0 Å². The van der Waals surface area contributed by atoms with Crippen molar-refractivity contribution in [3.8, 4) is 0 Å². The summed E-state index contributed by atoms with van der Waals surface area (Å²) >= 11 is 0. The van der Waals surface area contributed by atoms with Crippen LogP contribution in [-0.4, -0.2) is 26.7 Å². The third-order valence-corrected chi connectivity index (χ3v) is 3.24. The Morgan fingerprint density at radius 1 is 1.44 bits per heavy atom. The van der Waals surface area contributed by atoms with Gasteiger partial charge in [-0.05, 0) is 25.0 Å². The number of carbonyl (C=O) groups excluding carboxylic acids is 1. The molecule has 5 nitrogen and oxygen atoms in total. The number of anilines is 1. The molecule has 0 saturated heterocycles. The summed E-state index contributed by atoms with van der Waals surface area (Å²) in [7, 11) is 0. The van der Waals surface area contributed by atoms with Crippen molar-refractivity contribution in [3.63, 3.8) is 0 Å². The van der Waals surface area contributed by atoms with Gasteiger partial charge >= 0.3 is 0 Å². The van der Waals surface area contributed by atoms with Crippen LogP contribution in [0, 0.1) is 0 Å². The summed E-state index contributed by atoms with van der Waals surface area (Å²) < 4.78 is 1.55. The first-order valence-electron chi connectivity index (χ1n) is 5.98. The molecule has 5 heteroatoms. The van der Waals surface area contributed by atoms with Crippen LogP contribution >= 0.6 is 0 Å². The maximum absolute atomic E-state index is 12.3. The Hall–Kier alpha value is -2.17. The van der Waals surface area contributed by atoms with Crippen molar-refractivity contribution >= 4 is 11.6 Å². The second-order valence-electron chi connectivity index (χ2n) is 4.54. The predicted octanol–water partition coefficient (Wildman–Crippen LogP) is 1.26. The number of amides is 1. The van der Waals surface area contributed by atoms with Crippen LogP contribution in [0.15, 0.2) is 36.9 Å². The molecule has 0 saturated carbocycles. The van der Waals surface area contributed by atoms with Gasteiger partial charge in [-0.25, -0.2) is 9.67 Å². The fourth-order valence-electron chi connectivity index (χ4n) is 2.47. The van der Waals surface area contributed by atoms with E-state index in [1.807, 2.05) is 23.1 Å². The molecule has 0 bridgehead atoms. The minimum atomic E-state index is 0.0537. The number of hydrogen-bond acceptors (Lipinski definition) is 3. The highest BCUT2D eigenvalue weighted by molar-refractivity contribution is 5.95. The molecule has 1 amide bonds. The Balaban J connectivity index is 1.86. The van der Waals surface area contributed by atoms with E-state index < -0.39 is 0 Å². The third kappa shape index (κ3) is 1.77. The molecule has 0 fully saturated rings. The number of carbonyl (C=O) groups is 1. The van der Waals surface area contributed by atoms with E-state index in [9.17, 15) is 4.79 Å². The van der Waals surface area contributed by atoms with E-state index in [1.54, 1.807) is 11.0 Å². The van der Waals surface area contributed by atoms with Crippen LogP contribution in [-0.2, 0) is 17.8 Å². The molecule has 1 aromatic carbocycles. The van der Waals surface area contributed by atoms with E-state index in [0.29, 0.717) is 0 Å². The van der Waals surface area contributed by atoms with E-state index >= 15 is 0 Å². The first-order valence-corrected chi connectivity index (χ1v) is 5.98. The average molecular weight is 242 g/mol. The number of benzene rings is 1. The molecular weight excluding hydrogens is 228 g/mol. The molecule has 1 atom stereocenters. The van der Waals surface area contributed by atoms with Crippen molar-refractivity contribution < 1.29 is 4.79 Å². The SMILES string of the molecule is CC1Cc2ccccc2N1C(=O)Cn1cncn1. The van der Waals surface area contributed by atoms with Crippen LogP contribution in [0.3, 0.4) is 0 Å². The van der Waals surface area contributed by atoms with E-state index in [0.717, 1.165) is 12.1 Å². The van der Waals surface area contributed by atoms with Crippen LogP contribution < -0.4 is 4.90 Å². The largest absolute Gasteiger partial charge is 0.307 e. The van der Waals surface area contributed by atoms with Crippen LogP contribution in [0.2, 0.25) is 0 Å². The van der Waals surface area contributed by atoms with Gasteiger partial charge in [0.25, 0.3) is 0 Å². The Kier molecular flexibility index (Phi) is 2.59. The molecule has 2 aromatic rings. The van der Waals surface area contributed by atoms with Crippen molar-refractivity contribution in [3.05, 3.63) is 42.5 Å². The first-order chi connectivity index (χ1) is 8.75. The number of fused-ring (bicyclic) bond motifs is 1. The highest BCUT2D eigenvalue weighted by Crippen LogP contribution is 2.31. The molecule has 0 spiro atoms. The summed E-state index contributed by atoms with van der Waals surface area (Å²) in [5.74, 6) is 0.0537. The standard InChI is InChI=1S/C13H14N4O/c1-10-6-11-4-2-3-5-12(11)17(10)13(18)7-16-9-14-8-15-16/h2-5,8-10H,6-7H2,1H3. The molecule has 0 N–H and O–H groups in total. The van der Waals surface area contributed by atoms with Gasteiger partial charge in [0.15, 0.2) is 0 Å². The van der Waals surface area contributed by atoms with Gasteiger partial charge in [0.1, 0.15) is 19.2 Å². The van der Waals surface area contributed by atoms with Crippen molar-refractivity contribution in [2.75, 3.05) is 4.90 Å². The monoisotopic (exact) mass is 242 g/mol. The molecule has 1 aliphatic heterocycles. The van der Waals surface area contributed by atoms with Gasteiger partial charge in [-0.3, -0.25) is 4.79 Å². The van der Waals surface area contributed by atoms with E-state index in [2.05, 4.69) is 23.1 Å². The fraction of sp³-hybridized carbons (Fsp3) is 0.308. The Morgan fingerprint density at radius 2 is 2.28 bits per heavy atom. The van der Waals surface area contributed by atoms with Crippen LogP contribution in [0.5, 0.6) is 0 Å². The van der Waals surface area contributed by atoms with E-state index in [1.165, 1.54) is 11.9 Å². The fourth-order valence-corrected chi connectivity index (χ4v) is 2.47. The molecule has 3 rings (SSSR count). The molecule has 0 radical (unpaired) electrons. The lowest BCUT2D eigenvalue weighted by Gasteiger charge is -2.22. The highest BCUT2D eigenvalue weighted by Gasteiger charge is 2.30. The topological polar surface area (TPSA) is 51.0 Å². The van der Waals surface area contributed by atoms with Gasteiger partial charge in [-0.2, -0.15) is 5.10 Å². The lowest BCUT2D eigenvalue weighted by molar-refractivity contribution is -0.119. The quantitative estimate of drug-likeness (QED) is 0.796. The summed E-state index contributed by atoms with van der Waals surface area (Å²) in [6.07, 6.45) is 3.92. The van der Waals surface area contributed by atoms with Crippen molar-refractivity contribution in [1.29, 1.82) is 0 Å². The van der Waals surface area contributed by atoms with Crippen molar-refractivity contribution in [2.45, 2.75) is 25.9 Å². The highest BCUT2D eigenvalue weighted by atomic mass is 16.2. The Labute approximate surface area is 105 Å². The molecular formula is C13H14N4O. The average Bonchev–Trinajstić information content (AvgIpc) is 2.94. The maximum Gasteiger partial charge on any atom is 0.249 e. The second-order valence-corrected chi connectivity index (χ2v) is 4.54. The number of nitrogens with zero attached hydrogens (tertiary/aromatic N) is 4. The lowest BCUT2D eigenvalue weighted by Crippen LogP contribution is -2.38. The van der Waals surface area contributed by atoms with E-state index in [4.69, 9.17) is 0 Å². The summed E-state index contributed by atoms with van der Waals surface area (Å²) in [6.45, 7) is 2.30. The summed E-state index contributed by atoms with van der Waals surface area (Å²) in [4.78, 5) is 18.0. The Morgan fingerprint density at radius 3 is 3.06 bits per heavy atom. The summed E-state index contributed by atoms with van der Waals surface area (Å²) in [6, 6.07) is 8.26. The van der Waals surface area contributed by atoms with Gasteiger partial charge in [0, 0.05) is 11.7 Å². The minimum absolute atomic E-state index is 0.0537. The molecule has 1 unspecified atom stereocenters. The zero-order valence-corrected chi connectivity index (χ0v) is 10.2. The number of hydrogen-bond donors (Lipinski definition) is 0. The first kappa shape index (κ1) is 11.0. The molecule has 1 aliphatic rings. The normalized spacial score (nSPS) is 17.8. The van der Waals surface area contributed by atoms with Gasteiger partial charge in [-0.1, -0.05) is 18.2 Å². The number of aromatic nitrogens is 3. The molecule has 18 heavy (non-hydrogen) atoms. The van der Waals surface area contributed by atoms with Crippen LogP contribution in [0.1, 0.15) is 12.5 Å². The van der Waals surface area contributed by atoms with Gasteiger partial charge < -0.3 is 4.90 Å². The summed E-state index contributed by atoms with van der Waals surface area (Å²) in [5, 5.41) is 3.97. The maximum atomic E-state index is 12.3. The summed E-state index contributed by atoms with van der Waals surface area (Å²) in [5.41, 5.74) is 2.26. The zero-order valence-electron chi connectivity index (χ0n) is 10.2. The third-order valence-electron chi connectivity index (χ3n) is 3.24.